The highest BCUT2D eigenvalue weighted by Crippen LogP contribution is 2.59. The zero-order valence-corrected chi connectivity index (χ0v) is 21.6. The molecule has 6 heteroatoms. The van der Waals surface area contributed by atoms with Crippen LogP contribution in [0.3, 0.4) is 0 Å². The normalized spacial score (nSPS) is 35.4. The summed E-state index contributed by atoms with van der Waals surface area (Å²) in [5, 5.41) is 1.30. The number of anilines is 1. The molecule has 3 saturated carbocycles. The van der Waals surface area contributed by atoms with Gasteiger partial charge in [0, 0.05) is 62.2 Å². The van der Waals surface area contributed by atoms with Gasteiger partial charge in [0.1, 0.15) is 5.82 Å². The van der Waals surface area contributed by atoms with E-state index >= 15 is 0 Å². The van der Waals surface area contributed by atoms with Crippen LogP contribution < -0.4 is 4.90 Å². The Morgan fingerprint density at radius 1 is 0.914 bits per heavy atom. The highest BCUT2D eigenvalue weighted by atomic mass is 32.1. The molecule has 186 valence electrons. The molecule has 3 aliphatic carbocycles. The SMILES string of the molecule is C=C1C2C(C(=O)N1C[C@@H]1CCCC[C@H]1CN1CCN(c3nsc4ccccc34)CC1)C1CC[C@H]2C1. The van der Waals surface area contributed by atoms with Crippen LogP contribution in [0.25, 0.3) is 10.1 Å². The van der Waals surface area contributed by atoms with Crippen LogP contribution in [0.5, 0.6) is 0 Å². The third-order valence-corrected chi connectivity index (χ3v) is 11.0. The average molecular weight is 491 g/mol. The molecule has 5 aliphatic rings. The molecule has 1 aromatic heterocycles. The molecule has 2 aromatic rings. The molecule has 0 N–H and O–H groups in total. The number of rotatable bonds is 5. The van der Waals surface area contributed by atoms with Crippen molar-refractivity contribution < 1.29 is 4.79 Å². The molecule has 5 fully saturated rings. The molecule has 0 spiro atoms. The van der Waals surface area contributed by atoms with Gasteiger partial charge in [0.2, 0.25) is 5.91 Å². The number of likely N-dealkylation sites (tertiary alicyclic amines) is 1. The van der Waals surface area contributed by atoms with Gasteiger partial charge in [-0.15, -0.1) is 0 Å². The Kier molecular flexibility index (Phi) is 5.65. The molecule has 3 heterocycles. The van der Waals surface area contributed by atoms with Crippen molar-refractivity contribution in [3.05, 3.63) is 36.5 Å². The molecule has 3 unspecified atom stereocenters. The Balaban J connectivity index is 0.986. The Labute approximate surface area is 213 Å². The van der Waals surface area contributed by atoms with Crippen molar-refractivity contribution >= 4 is 33.3 Å². The molecule has 35 heavy (non-hydrogen) atoms. The Bertz CT molecular complexity index is 1090. The number of carbonyl (C=O) groups excluding carboxylic acids is 1. The van der Waals surface area contributed by atoms with Crippen molar-refractivity contribution in [1.29, 1.82) is 0 Å². The first-order valence-electron chi connectivity index (χ1n) is 14.0. The number of allylic oxidation sites excluding steroid dienone is 1. The van der Waals surface area contributed by atoms with Crippen LogP contribution in [0, 0.1) is 35.5 Å². The summed E-state index contributed by atoms with van der Waals surface area (Å²) >= 11 is 1.62. The molecule has 2 saturated heterocycles. The standard InChI is InChI=1S/C29H38N4OS/c1-19-26-20-10-11-21(16-20)27(26)29(34)33(19)18-23-7-3-2-6-22(23)17-31-12-14-32(15-13-31)28-24-8-4-5-9-25(24)35-30-28/h4-5,8-9,20-23,26-27H,1-3,6-7,10-18H2/t20-,21?,22-,23-,26?,27?/m0/s1. The van der Waals surface area contributed by atoms with Gasteiger partial charge in [-0.05, 0) is 79.4 Å². The third kappa shape index (κ3) is 3.74. The van der Waals surface area contributed by atoms with Crippen LogP contribution in [0.15, 0.2) is 36.5 Å². The topological polar surface area (TPSA) is 39.7 Å². The Hall–Kier alpha value is -1.92. The summed E-state index contributed by atoms with van der Waals surface area (Å²) in [4.78, 5) is 20.8. The van der Waals surface area contributed by atoms with E-state index in [1.165, 1.54) is 73.1 Å². The third-order valence-electron chi connectivity index (χ3n) is 10.2. The summed E-state index contributed by atoms with van der Waals surface area (Å²) in [6.07, 6.45) is 9.12. The highest BCUT2D eigenvalue weighted by molar-refractivity contribution is 7.13. The molecule has 5 nitrogen and oxygen atoms in total. The van der Waals surface area contributed by atoms with Crippen LogP contribution in [0.4, 0.5) is 5.82 Å². The van der Waals surface area contributed by atoms with Crippen molar-refractivity contribution in [3.8, 4) is 0 Å². The van der Waals surface area contributed by atoms with Crippen molar-refractivity contribution in [2.24, 2.45) is 35.5 Å². The van der Waals surface area contributed by atoms with Crippen molar-refractivity contribution in [2.75, 3.05) is 44.2 Å². The zero-order valence-electron chi connectivity index (χ0n) is 20.8. The summed E-state index contributed by atoms with van der Waals surface area (Å²) in [6, 6.07) is 8.61. The second kappa shape index (κ2) is 8.88. The second-order valence-corrected chi connectivity index (χ2v) is 12.7. The van der Waals surface area contributed by atoms with Gasteiger partial charge in [0.05, 0.1) is 4.70 Å². The van der Waals surface area contributed by atoms with Gasteiger partial charge in [-0.3, -0.25) is 9.69 Å². The van der Waals surface area contributed by atoms with Crippen LogP contribution in [0.2, 0.25) is 0 Å². The lowest BCUT2D eigenvalue weighted by atomic mass is 9.78. The molecule has 2 bridgehead atoms. The van der Waals surface area contributed by atoms with E-state index in [-0.39, 0.29) is 5.92 Å². The van der Waals surface area contributed by atoms with Crippen molar-refractivity contribution in [3.63, 3.8) is 0 Å². The first kappa shape index (κ1) is 22.3. The van der Waals surface area contributed by atoms with Crippen LogP contribution in [-0.4, -0.2) is 59.3 Å². The fourth-order valence-corrected chi connectivity index (χ4v) is 9.20. The predicted octanol–water partition coefficient (Wildman–Crippen LogP) is 5.24. The molecule has 1 aromatic carbocycles. The number of hydrogen-bond donors (Lipinski definition) is 0. The number of amides is 1. The average Bonchev–Trinajstić information content (AvgIpc) is 3.66. The first-order valence-corrected chi connectivity index (χ1v) is 14.8. The maximum Gasteiger partial charge on any atom is 0.230 e. The van der Waals surface area contributed by atoms with E-state index in [9.17, 15) is 4.79 Å². The van der Waals surface area contributed by atoms with Gasteiger partial charge in [0.15, 0.2) is 0 Å². The van der Waals surface area contributed by atoms with Gasteiger partial charge in [0.25, 0.3) is 0 Å². The van der Waals surface area contributed by atoms with Crippen LogP contribution in [0.1, 0.15) is 44.9 Å². The minimum atomic E-state index is 0.276. The molecular formula is C29H38N4OS. The fraction of sp³-hybridized carbons (Fsp3) is 0.655. The molecule has 6 atom stereocenters. The lowest BCUT2D eigenvalue weighted by Crippen LogP contribution is -2.49. The number of benzene rings is 1. The maximum absolute atomic E-state index is 13.4. The number of carbonyl (C=O) groups is 1. The minimum absolute atomic E-state index is 0.276. The van der Waals surface area contributed by atoms with E-state index in [0.29, 0.717) is 29.6 Å². The van der Waals surface area contributed by atoms with Gasteiger partial charge in [-0.2, -0.15) is 4.37 Å². The summed E-state index contributed by atoms with van der Waals surface area (Å²) < 4.78 is 6.07. The molecule has 2 aliphatic heterocycles. The lowest BCUT2D eigenvalue weighted by molar-refractivity contribution is -0.132. The van der Waals surface area contributed by atoms with Crippen molar-refractivity contribution in [2.45, 2.75) is 44.9 Å². The number of nitrogens with zero attached hydrogens (tertiary/aromatic N) is 4. The number of aromatic nitrogens is 1. The minimum Gasteiger partial charge on any atom is -0.353 e. The predicted molar refractivity (Wildman–Crippen MR) is 142 cm³/mol. The highest BCUT2D eigenvalue weighted by Gasteiger charge is 2.58. The van der Waals surface area contributed by atoms with E-state index in [2.05, 4.69) is 45.5 Å². The van der Waals surface area contributed by atoms with E-state index in [1.807, 2.05) is 0 Å². The monoisotopic (exact) mass is 490 g/mol. The maximum atomic E-state index is 13.4. The Morgan fingerprint density at radius 2 is 1.63 bits per heavy atom. The second-order valence-electron chi connectivity index (χ2n) is 11.9. The Morgan fingerprint density at radius 3 is 2.40 bits per heavy atom. The van der Waals surface area contributed by atoms with E-state index in [4.69, 9.17) is 4.37 Å². The van der Waals surface area contributed by atoms with E-state index in [1.54, 1.807) is 11.5 Å². The number of piperazine rings is 1. The summed E-state index contributed by atoms with van der Waals surface area (Å²) in [7, 11) is 0. The molecule has 1 amide bonds. The molecular weight excluding hydrogens is 452 g/mol. The van der Waals surface area contributed by atoms with Gasteiger partial charge in [-0.25, -0.2) is 0 Å². The summed E-state index contributed by atoms with van der Waals surface area (Å²) in [6.45, 7) is 10.9. The van der Waals surface area contributed by atoms with Gasteiger partial charge < -0.3 is 9.80 Å². The first-order chi connectivity index (χ1) is 17.2. The summed E-state index contributed by atoms with van der Waals surface area (Å²) in [5.41, 5.74) is 1.18. The van der Waals surface area contributed by atoms with Gasteiger partial charge in [-0.1, -0.05) is 31.6 Å². The van der Waals surface area contributed by atoms with Crippen molar-refractivity contribution in [1.82, 2.24) is 14.2 Å². The summed E-state index contributed by atoms with van der Waals surface area (Å²) in [5.74, 6) is 5.06. The lowest BCUT2D eigenvalue weighted by Gasteiger charge is -2.41. The molecule has 7 rings (SSSR count). The fourth-order valence-electron chi connectivity index (χ4n) is 8.41. The number of fused-ring (bicyclic) bond motifs is 6. The largest absolute Gasteiger partial charge is 0.353 e. The zero-order chi connectivity index (χ0) is 23.5. The number of hydrogen-bond acceptors (Lipinski definition) is 5. The molecule has 0 radical (unpaired) electrons. The van der Waals surface area contributed by atoms with Gasteiger partial charge >= 0.3 is 0 Å². The van der Waals surface area contributed by atoms with E-state index in [0.717, 1.165) is 38.6 Å². The quantitative estimate of drug-likeness (QED) is 0.574. The smallest absolute Gasteiger partial charge is 0.230 e. The van der Waals surface area contributed by atoms with Crippen LogP contribution >= 0.6 is 11.5 Å². The van der Waals surface area contributed by atoms with Crippen LogP contribution in [-0.2, 0) is 4.79 Å². The van der Waals surface area contributed by atoms with E-state index < -0.39 is 0 Å².